The van der Waals surface area contributed by atoms with Crippen molar-refractivity contribution in [1.82, 2.24) is 9.97 Å². The van der Waals surface area contributed by atoms with Gasteiger partial charge in [-0.25, -0.2) is 15.8 Å². The minimum Gasteiger partial charge on any atom is -0.367 e. The van der Waals surface area contributed by atoms with Gasteiger partial charge in [0.05, 0.1) is 0 Å². The van der Waals surface area contributed by atoms with Crippen molar-refractivity contribution in [2.75, 3.05) is 10.7 Å². The van der Waals surface area contributed by atoms with Gasteiger partial charge in [0.1, 0.15) is 17.5 Å². The third-order valence-electron chi connectivity index (χ3n) is 3.43. The molecule has 0 spiro atoms. The standard InChI is InChI=1S/C12H21N5/c1-8-5-3-4-6-10(8)16-11-7-12(17-13)15-9(2)14-11/h7-8,10H,3-6,13H2,1-2H3,(H2,14,15,16,17). The normalized spacial score (nSPS) is 24.4. The van der Waals surface area contributed by atoms with Crippen LogP contribution in [0.1, 0.15) is 38.4 Å². The molecule has 2 unspecified atom stereocenters. The Labute approximate surface area is 102 Å². The quantitative estimate of drug-likeness (QED) is 0.552. The molecule has 17 heavy (non-hydrogen) atoms. The van der Waals surface area contributed by atoms with Gasteiger partial charge in [-0.15, -0.1) is 0 Å². The van der Waals surface area contributed by atoms with Gasteiger partial charge in [-0.3, -0.25) is 0 Å². The highest BCUT2D eigenvalue weighted by Gasteiger charge is 2.21. The van der Waals surface area contributed by atoms with Gasteiger partial charge in [0, 0.05) is 12.1 Å². The van der Waals surface area contributed by atoms with E-state index in [9.17, 15) is 0 Å². The zero-order valence-corrected chi connectivity index (χ0v) is 10.5. The van der Waals surface area contributed by atoms with Crippen molar-refractivity contribution in [2.24, 2.45) is 11.8 Å². The molecule has 0 saturated heterocycles. The smallest absolute Gasteiger partial charge is 0.145 e. The number of aryl methyl sites for hydroxylation is 1. The maximum Gasteiger partial charge on any atom is 0.145 e. The van der Waals surface area contributed by atoms with Crippen LogP contribution in [0.2, 0.25) is 0 Å². The topological polar surface area (TPSA) is 75.9 Å². The molecule has 0 bridgehead atoms. The molecule has 2 rings (SSSR count). The molecule has 0 amide bonds. The van der Waals surface area contributed by atoms with Gasteiger partial charge in [0.15, 0.2) is 0 Å². The number of nitrogens with one attached hydrogen (secondary N) is 2. The summed E-state index contributed by atoms with van der Waals surface area (Å²) >= 11 is 0. The molecule has 1 aromatic heterocycles. The minimum absolute atomic E-state index is 0.517. The third-order valence-corrected chi connectivity index (χ3v) is 3.43. The lowest BCUT2D eigenvalue weighted by atomic mass is 9.86. The van der Waals surface area contributed by atoms with Crippen molar-refractivity contribution in [3.8, 4) is 0 Å². The van der Waals surface area contributed by atoms with Gasteiger partial charge in [-0.05, 0) is 25.7 Å². The molecule has 5 heteroatoms. The van der Waals surface area contributed by atoms with Crippen LogP contribution in [0, 0.1) is 12.8 Å². The number of rotatable bonds is 3. The lowest BCUT2D eigenvalue weighted by Crippen LogP contribution is -2.30. The molecule has 0 radical (unpaired) electrons. The number of aromatic nitrogens is 2. The van der Waals surface area contributed by atoms with Gasteiger partial charge in [0.25, 0.3) is 0 Å². The summed E-state index contributed by atoms with van der Waals surface area (Å²) in [5.74, 6) is 8.33. The first kappa shape index (κ1) is 12.1. The van der Waals surface area contributed by atoms with Crippen molar-refractivity contribution in [3.63, 3.8) is 0 Å². The van der Waals surface area contributed by atoms with Crippen molar-refractivity contribution in [1.29, 1.82) is 0 Å². The van der Waals surface area contributed by atoms with Gasteiger partial charge < -0.3 is 10.7 Å². The summed E-state index contributed by atoms with van der Waals surface area (Å²) in [5.41, 5.74) is 2.57. The van der Waals surface area contributed by atoms with E-state index in [0.29, 0.717) is 17.8 Å². The Kier molecular flexibility index (Phi) is 3.78. The molecule has 2 atom stereocenters. The van der Waals surface area contributed by atoms with E-state index in [1.54, 1.807) is 0 Å². The Morgan fingerprint density at radius 1 is 1.24 bits per heavy atom. The summed E-state index contributed by atoms with van der Waals surface area (Å²) in [6, 6.07) is 2.37. The van der Waals surface area contributed by atoms with Crippen molar-refractivity contribution in [2.45, 2.75) is 45.6 Å². The van der Waals surface area contributed by atoms with Gasteiger partial charge in [-0.1, -0.05) is 19.8 Å². The molecular formula is C12H21N5. The van der Waals surface area contributed by atoms with E-state index in [4.69, 9.17) is 5.84 Å². The summed E-state index contributed by atoms with van der Waals surface area (Å²) in [7, 11) is 0. The van der Waals surface area contributed by atoms with Crippen LogP contribution >= 0.6 is 0 Å². The van der Waals surface area contributed by atoms with Gasteiger partial charge in [0.2, 0.25) is 0 Å². The van der Waals surface area contributed by atoms with E-state index < -0.39 is 0 Å². The fourth-order valence-corrected chi connectivity index (χ4v) is 2.44. The number of anilines is 2. The summed E-state index contributed by atoms with van der Waals surface area (Å²) < 4.78 is 0. The predicted octanol–water partition coefficient (Wildman–Crippen LogP) is 2.06. The molecule has 4 N–H and O–H groups in total. The molecule has 94 valence electrons. The second-order valence-electron chi connectivity index (χ2n) is 4.84. The summed E-state index contributed by atoms with van der Waals surface area (Å²) in [4.78, 5) is 8.57. The van der Waals surface area contributed by atoms with Crippen LogP contribution < -0.4 is 16.6 Å². The van der Waals surface area contributed by atoms with Crippen LogP contribution in [-0.4, -0.2) is 16.0 Å². The molecule has 1 saturated carbocycles. The van der Waals surface area contributed by atoms with Crippen molar-refractivity contribution >= 4 is 11.6 Å². The number of hydrogen-bond donors (Lipinski definition) is 3. The number of nitrogen functional groups attached to an aromatic ring is 1. The van der Waals surface area contributed by atoms with E-state index >= 15 is 0 Å². The molecule has 0 aliphatic heterocycles. The third kappa shape index (κ3) is 3.06. The molecule has 5 nitrogen and oxygen atoms in total. The predicted molar refractivity (Wildman–Crippen MR) is 69.6 cm³/mol. The highest BCUT2D eigenvalue weighted by molar-refractivity contribution is 5.47. The number of hydrogen-bond acceptors (Lipinski definition) is 5. The van der Waals surface area contributed by atoms with Crippen molar-refractivity contribution < 1.29 is 0 Å². The van der Waals surface area contributed by atoms with Crippen LogP contribution in [0.5, 0.6) is 0 Å². The zero-order chi connectivity index (χ0) is 12.3. The van der Waals surface area contributed by atoms with Crippen LogP contribution in [-0.2, 0) is 0 Å². The lowest BCUT2D eigenvalue weighted by Gasteiger charge is -2.30. The fraction of sp³-hybridized carbons (Fsp3) is 0.667. The molecule has 1 heterocycles. The fourth-order valence-electron chi connectivity index (χ4n) is 2.44. The van der Waals surface area contributed by atoms with E-state index in [0.717, 1.165) is 11.6 Å². The van der Waals surface area contributed by atoms with Gasteiger partial charge >= 0.3 is 0 Å². The Balaban J connectivity index is 2.09. The first-order valence-corrected chi connectivity index (χ1v) is 6.28. The van der Waals surface area contributed by atoms with E-state index in [2.05, 4.69) is 27.6 Å². The maximum absolute atomic E-state index is 5.38. The molecule has 1 aliphatic rings. The number of hydrazine groups is 1. The second kappa shape index (κ2) is 5.31. The lowest BCUT2D eigenvalue weighted by molar-refractivity contribution is 0.349. The summed E-state index contributed by atoms with van der Waals surface area (Å²) in [5, 5.41) is 3.50. The minimum atomic E-state index is 0.517. The largest absolute Gasteiger partial charge is 0.367 e. The maximum atomic E-state index is 5.38. The highest BCUT2D eigenvalue weighted by Crippen LogP contribution is 2.26. The van der Waals surface area contributed by atoms with Crippen LogP contribution in [0.3, 0.4) is 0 Å². The first-order chi connectivity index (χ1) is 8.19. The average molecular weight is 235 g/mol. The second-order valence-corrected chi connectivity index (χ2v) is 4.84. The molecule has 1 fully saturated rings. The van der Waals surface area contributed by atoms with Crippen LogP contribution in [0.15, 0.2) is 6.07 Å². The Bertz CT molecular complexity index is 379. The van der Waals surface area contributed by atoms with E-state index in [1.165, 1.54) is 25.7 Å². The van der Waals surface area contributed by atoms with Crippen LogP contribution in [0.25, 0.3) is 0 Å². The monoisotopic (exact) mass is 235 g/mol. The van der Waals surface area contributed by atoms with Crippen LogP contribution in [0.4, 0.5) is 11.6 Å². The number of nitrogens with zero attached hydrogens (tertiary/aromatic N) is 2. The zero-order valence-electron chi connectivity index (χ0n) is 10.5. The SMILES string of the molecule is Cc1nc(NN)cc(NC2CCCCC2C)n1. The molecule has 1 aliphatic carbocycles. The average Bonchev–Trinajstić information content (AvgIpc) is 2.31. The molecule has 0 aromatic carbocycles. The Morgan fingerprint density at radius 2 is 1.94 bits per heavy atom. The van der Waals surface area contributed by atoms with Gasteiger partial charge in [-0.2, -0.15) is 0 Å². The highest BCUT2D eigenvalue weighted by atomic mass is 15.3. The van der Waals surface area contributed by atoms with E-state index in [-0.39, 0.29) is 0 Å². The van der Waals surface area contributed by atoms with Crippen molar-refractivity contribution in [3.05, 3.63) is 11.9 Å². The van der Waals surface area contributed by atoms with E-state index in [1.807, 2.05) is 13.0 Å². The summed E-state index contributed by atoms with van der Waals surface area (Å²) in [6.07, 6.45) is 5.16. The number of nitrogens with two attached hydrogens (primary N) is 1. The Morgan fingerprint density at radius 3 is 2.65 bits per heavy atom. The first-order valence-electron chi connectivity index (χ1n) is 6.28. The summed E-state index contributed by atoms with van der Waals surface area (Å²) in [6.45, 7) is 4.17. The Hall–Kier alpha value is -1.36. The molecular weight excluding hydrogens is 214 g/mol. The molecule has 1 aromatic rings.